The fraction of sp³-hybridized carbons (Fsp3) is 0.467. The molecule has 21 heteroatoms. The summed E-state index contributed by atoms with van der Waals surface area (Å²) in [5.74, 6) is 0.764. The minimum Gasteiger partial charge on any atom is -0.793 e. The van der Waals surface area contributed by atoms with Gasteiger partial charge < -0.3 is 53.1 Å². The van der Waals surface area contributed by atoms with Crippen molar-refractivity contribution in [1.82, 2.24) is 25.3 Å². The van der Waals surface area contributed by atoms with E-state index in [1.165, 1.54) is 63.6 Å². The number of carbonyl (C=O) groups excluding carboxylic acids is 4. The van der Waals surface area contributed by atoms with Crippen molar-refractivity contribution in [1.29, 1.82) is 0 Å². The molecule has 96 heavy (non-hydrogen) atoms. The molecule has 8 atom stereocenters. The van der Waals surface area contributed by atoms with Gasteiger partial charge in [-0.05, 0) is 224 Å². The predicted octanol–water partition coefficient (Wildman–Crippen LogP) is 7.04. The molecule has 4 aliphatic carbocycles. The Bertz CT molecular complexity index is 3380. The van der Waals surface area contributed by atoms with Crippen molar-refractivity contribution >= 4 is 31.7 Å². The molecule has 0 aromatic heterocycles. The van der Waals surface area contributed by atoms with Crippen molar-refractivity contribution in [2.45, 2.75) is 146 Å². The van der Waals surface area contributed by atoms with Gasteiger partial charge in [-0.2, -0.15) is 0 Å². The van der Waals surface area contributed by atoms with Crippen LogP contribution in [0.5, 0.6) is 17.2 Å². The third-order valence-corrected chi connectivity index (χ3v) is 19.7. The van der Waals surface area contributed by atoms with Gasteiger partial charge in [0.05, 0.1) is 44.9 Å². The second-order valence-corrected chi connectivity index (χ2v) is 26.0. The Morgan fingerprint density at radius 2 is 0.990 bits per heavy atom. The second-order valence-electron chi connectivity index (χ2n) is 26.0. The van der Waals surface area contributed by atoms with Gasteiger partial charge in [-0.1, -0.05) is 56.3 Å². The van der Waals surface area contributed by atoms with Crippen LogP contribution in [0.1, 0.15) is 112 Å². The summed E-state index contributed by atoms with van der Waals surface area (Å²) < 4.78 is 58.4. The van der Waals surface area contributed by atoms with Crippen LogP contribution < -0.4 is 60.1 Å². The third-order valence-electron chi connectivity index (χ3n) is 19.7. The van der Waals surface area contributed by atoms with Crippen LogP contribution in [0.15, 0.2) is 133 Å². The number of nitrogens with two attached hydrogens (primary N) is 1. The standard InChI is InChI=1S/2C23H29FN2O.C15H19NO2.C8H9FN.C4H6O4.C2H3BO2.Na/c2*1-23-11-13-26(2)21(14-17-6-9-19(27-3)15-20(17)23)22(23)25-12-10-16-4-7-18(24)8-5-16;1-15-6-7-16(2)13(14(15)17)8-10-4-5-11(18-3)9-12(10)15;9-8-3-1-7(2-4-8)5-6-10;1-3(5)7-8-4(2)6;1-2(4)5-3;/h2*4-9,15,21-22,25H,10-14H2,1-3H3;4-5,9,13H,6-8H2,1-3H3;1,3-4H,5-6,10H2;1-2H3;1H3;/q;;;+1;;-1;+1/t21-,22?,23-;21-,22+,23-;13-,15-;;;;/m111..../s1. The first-order chi connectivity index (χ1) is 45.3. The molecule has 5 aromatic carbocycles. The van der Waals surface area contributed by atoms with Gasteiger partial charge >= 0.3 is 41.5 Å². The zero-order valence-electron chi connectivity index (χ0n) is 58.3. The van der Waals surface area contributed by atoms with Crippen LogP contribution in [0, 0.1) is 17.7 Å². The van der Waals surface area contributed by atoms with E-state index < -0.39 is 17.9 Å². The Kier molecular flexibility index (Phi) is 29.6. The molecule has 16 nitrogen and oxygen atoms in total. The molecule has 4 N–H and O–H groups in total. The van der Waals surface area contributed by atoms with E-state index in [9.17, 15) is 32.3 Å². The van der Waals surface area contributed by atoms with Crippen LogP contribution in [-0.4, -0.2) is 158 Å². The molecule has 1 unspecified atom stereocenters. The first kappa shape index (κ1) is 78.3. The van der Waals surface area contributed by atoms with Crippen LogP contribution in [0.3, 0.4) is 0 Å². The van der Waals surface area contributed by atoms with E-state index in [4.69, 9.17) is 19.9 Å². The van der Waals surface area contributed by atoms with Crippen molar-refractivity contribution in [3.63, 3.8) is 0 Å². The van der Waals surface area contributed by atoms with E-state index in [2.05, 4.69) is 144 Å². The molecule has 7 aliphatic rings. The summed E-state index contributed by atoms with van der Waals surface area (Å²) in [5, 5.41) is 7.72. The minimum atomic E-state index is -0.639. The number of benzene rings is 5. The number of carbonyl (C=O) groups is 4. The van der Waals surface area contributed by atoms with Gasteiger partial charge in [0.25, 0.3) is 0 Å². The molecule has 3 aliphatic heterocycles. The van der Waals surface area contributed by atoms with Crippen LogP contribution in [0.4, 0.5) is 13.2 Å². The van der Waals surface area contributed by atoms with Gasteiger partial charge in [0.2, 0.25) is 11.8 Å². The molecule has 0 spiro atoms. The number of likely N-dealkylation sites (tertiary alicyclic amines) is 3. The van der Waals surface area contributed by atoms with Crippen molar-refractivity contribution < 1.29 is 90.5 Å². The van der Waals surface area contributed by atoms with Gasteiger partial charge in [-0.3, -0.25) is 14.5 Å². The van der Waals surface area contributed by atoms with Crippen LogP contribution in [-0.2, 0) is 82.0 Å². The molecule has 3 radical (unpaired) electrons. The maximum atomic E-state index is 13.1. The van der Waals surface area contributed by atoms with Gasteiger partial charge in [0.1, 0.15) is 40.5 Å². The summed E-state index contributed by atoms with van der Waals surface area (Å²) in [7, 11) is 16.0. The summed E-state index contributed by atoms with van der Waals surface area (Å²) in [5.41, 5.74) is 16.7. The Morgan fingerprint density at radius 3 is 1.36 bits per heavy atom. The number of nitrogens with zero attached hydrogens (tertiary/aromatic N) is 3. The van der Waals surface area contributed by atoms with E-state index in [1.54, 1.807) is 51.7 Å². The van der Waals surface area contributed by atoms with Crippen LogP contribution >= 0.6 is 0 Å². The molecule has 3 saturated heterocycles. The van der Waals surface area contributed by atoms with Crippen molar-refractivity contribution in [2.75, 3.05) is 81.7 Å². The SMILES string of the molecule is CC(=O)OOC(C)=O.COc1ccc2c(c1)[C@@]1(C)CCN(C)[C@H](C2)C1=O.COc1ccc2c(c1)[C@@]1(C)CCN(C)[C@H](C2)C1NCCc1ccc(F)cc1.COc1ccc2c(c1)[C@@]1(C)CCN(C)[C@H](C2)[C@@H]1NCCc1ccc(F)cc1.NCCC1=[C+]C=C(F)C=C1.[B-]OC(C)=O.[Na+]. The maximum Gasteiger partial charge on any atom is 1.00 e. The molecular formula is C75H95BF3N6NaO10+. The monoisotopic (exact) mass is 1330 g/mol. The first-order valence-corrected chi connectivity index (χ1v) is 32.5. The number of allylic oxidation sites excluding steroid dienone is 5. The van der Waals surface area contributed by atoms with Crippen molar-refractivity contribution in [3.8, 4) is 17.2 Å². The molecule has 3 heterocycles. The zero-order chi connectivity index (χ0) is 69.2. The smallest absolute Gasteiger partial charge is 0.793 e. The third kappa shape index (κ3) is 20.0. The number of hydrogen-bond donors (Lipinski definition) is 3. The quantitative estimate of drug-likeness (QED) is 0.0472. The van der Waals surface area contributed by atoms with E-state index >= 15 is 0 Å². The van der Waals surface area contributed by atoms with Crippen molar-refractivity contribution in [3.05, 3.63) is 195 Å². The number of ketones is 1. The summed E-state index contributed by atoms with van der Waals surface area (Å²) in [4.78, 5) is 56.6. The average Bonchev–Trinajstić information content (AvgIpc) is 0.750. The second kappa shape index (κ2) is 36.2. The number of ether oxygens (including phenoxy) is 3. The predicted molar refractivity (Wildman–Crippen MR) is 364 cm³/mol. The molecule has 0 saturated carbocycles. The molecule has 509 valence electrons. The van der Waals surface area contributed by atoms with E-state index in [0.717, 1.165) is 127 Å². The van der Waals surface area contributed by atoms with Gasteiger partial charge in [0.15, 0.2) is 5.78 Å². The number of halogens is 3. The van der Waals surface area contributed by atoms with Crippen LogP contribution in [0.2, 0.25) is 0 Å². The number of likely N-dealkylation sites (N-methyl/N-ethyl adjacent to an activating group) is 3. The van der Waals surface area contributed by atoms with Crippen molar-refractivity contribution in [2.24, 2.45) is 5.73 Å². The molecular weight excluding hydrogens is 1240 g/mol. The first-order valence-electron chi connectivity index (χ1n) is 32.5. The van der Waals surface area contributed by atoms with Gasteiger partial charge in [-0.25, -0.2) is 28.1 Å². The largest absolute Gasteiger partial charge is 1.00 e. The minimum absolute atomic E-state index is 0. The normalized spacial score (nSPS) is 23.8. The zero-order valence-corrected chi connectivity index (χ0v) is 60.3. The molecule has 5 aromatic rings. The molecule has 3 fully saturated rings. The van der Waals surface area contributed by atoms with Gasteiger partial charge in [-0.15, -0.1) is 4.39 Å². The Hall–Kier alpha value is -6.68. The summed E-state index contributed by atoms with van der Waals surface area (Å²) >= 11 is 0. The molecule has 12 rings (SSSR count). The summed E-state index contributed by atoms with van der Waals surface area (Å²) in [6, 6.07) is 34.9. The Morgan fingerprint density at radius 1 is 0.583 bits per heavy atom. The summed E-state index contributed by atoms with van der Waals surface area (Å²) in [6.07, 6.45) is 16.0. The Labute approximate surface area is 589 Å². The number of rotatable bonds is 13. The van der Waals surface area contributed by atoms with E-state index in [0.29, 0.717) is 36.5 Å². The fourth-order valence-electron chi connectivity index (χ4n) is 14.2. The topological polar surface area (TPSA) is 183 Å². The maximum absolute atomic E-state index is 13.1. The van der Waals surface area contributed by atoms with E-state index in [1.807, 2.05) is 30.3 Å². The molecule has 0 amide bonds. The van der Waals surface area contributed by atoms with E-state index in [-0.39, 0.29) is 69.3 Å². The number of Topliss-reactive ketones (excluding diaryl/α,β-unsaturated/α-hetero) is 1. The number of piperidine rings is 3. The number of nitrogens with one attached hydrogen (secondary N) is 2. The van der Waals surface area contributed by atoms with Crippen LogP contribution in [0.25, 0.3) is 0 Å². The molecule has 6 bridgehead atoms. The van der Waals surface area contributed by atoms with Gasteiger partial charge in [0, 0.05) is 68.3 Å². The summed E-state index contributed by atoms with van der Waals surface area (Å²) in [6.45, 7) is 16.0. The Balaban J connectivity index is 0.000000197. The average molecular weight is 1330 g/mol. The number of methoxy groups -OCH3 is 3. The fourth-order valence-corrected chi connectivity index (χ4v) is 14.2. The number of fused-ring (bicyclic) bond motifs is 12. The number of hydrogen-bond acceptors (Lipinski definition) is 16.